The summed E-state index contributed by atoms with van der Waals surface area (Å²) in [6.45, 7) is 1.70. The molecule has 6 nitrogen and oxygen atoms in total. The molecule has 0 fully saturated rings. The van der Waals surface area contributed by atoms with Gasteiger partial charge in [-0.3, -0.25) is 4.79 Å². The van der Waals surface area contributed by atoms with E-state index in [4.69, 9.17) is 20.1 Å². The lowest BCUT2D eigenvalue weighted by Gasteiger charge is -2.05. The maximum Gasteiger partial charge on any atom is 0.302 e. The van der Waals surface area contributed by atoms with Crippen molar-refractivity contribution in [1.82, 2.24) is 0 Å². The van der Waals surface area contributed by atoms with E-state index in [0.717, 1.165) is 6.92 Å². The molecule has 0 heterocycles. The molecule has 0 saturated carbocycles. The lowest BCUT2D eigenvalue weighted by atomic mass is 10.4. The SMILES string of the molecule is CC(=O)OCC(O)CO.CC(=O)[O-]. The zero-order chi connectivity index (χ0) is 10.9. The number of esters is 1. The van der Waals surface area contributed by atoms with Crippen LogP contribution >= 0.6 is 0 Å². The number of carboxylic acids is 1. The molecule has 0 aliphatic carbocycles. The standard InChI is InChI=1S/C5H10O4.C2H4O2/c1-4(7)9-3-5(8)2-6;1-2(3)4/h5-6,8H,2-3H2,1H3;1H3,(H,3,4)/p-1. The van der Waals surface area contributed by atoms with E-state index in [-0.39, 0.29) is 13.2 Å². The molecule has 0 saturated heterocycles. The number of aliphatic hydroxyl groups excluding tert-OH is 2. The van der Waals surface area contributed by atoms with Crippen LogP contribution in [0, 0.1) is 0 Å². The molecule has 1 unspecified atom stereocenters. The molecule has 0 aliphatic rings. The molecule has 0 radical (unpaired) electrons. The molecule has 0 aromatic carbocycles. The van der Waals surface area contributed by atoms with Crippen LogP contribution in [0.2, 0.25) is 0 Å². The number of aliphatic hydroxyl groups is 2. The lowest BCUT2D eigenvalue weighted by molar-refractivity contribution is -0.302. The van der Waals surface area contributed by atoms with E-state index in [1.807, 2.05) is 0 Å². The topological polar surface area (TPSA) is 107 Å². The van der Waals surface area contributed by atoms with Gasteiger partial charge in [0.05, 0.1) is 6.61 Å². The summed E-state index contributed by atoms with van der Waals surface area (Å²) in [5.41, 5.74) is 0. The van der Waals surface area contributed by atoms with Gasteiger partial charge in [-0.15, -0.1) is 0 Å². The summed E-state index contributed by atoms with van der Waals surface area (Å²) in [6, 6.07) is 0. The number of rotatable bonds is 3. The first-order valence-corrected chi connectivity index (χ1v) is 3.50. The van der Waals surface area contributed by atoms with E-state index in [0.29, 0.717) is 0 Å². The molecule has 0 amide bonds. The van der Waals surface area contributed by atoms with Crippen LogP contribution in [0.4, 0.5) is 0 Å². The molecule has 13 heavy (non-hydrogen) atoms. The normalized spacial score (nSPS) is 10.8. The Balaban J connectivity index is 0. The second-order valence-corrected chi connectivity index (χ2v) is 2.13. The van der Waals surface area contributed by atoms with E-state index in [1.54, 1.807) is 0 Å². The fourth-order valence-corrected chi connectivity index (χ4v) is 0.266. The monoisotopic (exact) mass is 193 g/mol. The first-order valence-electron chi connectivity index (χ1n) is 3.50. The summed E-state index contributed by atoms with van der Waals surface area (Å²) in [6.07, 6.45) is -0.950. The lowest BCUT2D eigenvalue weighted by Crippen LogP contribution is -2.20. The third-order valence-corrected chi connectivity index (χ3v) is 0.690. The first kappa shape index (κ1) is 14.4. The Morgan fingerprint density at radius 2 is 1.85 bits per heavy atom. The number of carbonyl (C=O) groups excluding carboxylic acids is 2. The van der Waals surface area contributed by atoms with Crippen molar-refractivity contribution in [3.63, 3.8) is 0 Å². The predicted molar refractivity (Wildman–Crippen MR) is 40.4 cm³/mol. The highest BCUT2D eigenvalue weighted by Crippen LogP contribution is 1.82. The Labute approximate surface area is 75.8 Å². The number of carbonyl (C=O) groups is 2. The van der Waals surface area contributed by atoms with Crippen molar-refractivity contribution < 1.29 is 29.6 Å². The minimum atomic E-state index is -1.08. The summed E-state index contributed by atoms with van der Waals surface area (Å²) in [5, 5.41) is 25.7. The molecule has 0 aliphatic heterocycles. The third-order valence-electron chi connectivity index (χ3n) is 0.690. The van der Waals surface area contributed by atoms with Crippen molar-refractivity contribution in [3.05, 3.63) is 0 Å². The van der Waals surface area contributed by atoms with Crippen molar-refractivity contribution in [2.75, 3.05) is 13.2 Å². The maximum absolute atomic E-state index is 10.0. The average molecular weight is 193 g/mol. The Morgan fingerprint density at radius 3 is 2.08 bits per heavy atom. The summed E-state index contributed by atoms with van der Waals surface area (Å²) in [4.78, 5) is 18.9. The number of aliphatic carboxylic acids is 1. The molecule has 0 bridgehead atoms. The van der Waals surface area contributed by atoms with Crippen molar-refractivity contribution in [1.29, 1.82) is 0 Å². The third kappa shape index (κ3) is 24.8. The molecule has 2 N–H and O–H groups in total. The van der Waals surface area contributed by atoms with Gasteiger partial charge < -0.3 is 24.9 Å². The van der Waals surface area contributed by atoms with Gasteiger partial charge in [0.25, 0.3) is 0 Å². The molecule has 0 rings (SSSR count). The minimum absolute atomic E-state index is 0.133. The van der Waals surface area contributed by atoms with Crippen molar-refractivity contribution in [2.45, 2.75) is 20.0 Å². The van der Waals surface area contributed by atoms with Gasteiger partial charge in [0.1, 0.15) is 12.7 Å². The fourth-order valence-electron chi connectivity index (χ4n) is 0.266. The van der Waals surface area contributed by atoms with E-state index in [2.05, 4.69) is 4.74 Å². The van der Waals surface area contributed by atoms with Crippen LogP contribution in [0.15, 0.2) is 0 Å². The number of hydrogen-bond donors (Lipinski definition) is 2. The van der Waals surface area contributed by atoms with E-state index in [1.165, 1.54) is 6.92 Å². The quantitative estimate of drug-likeness (QED) is 0.486. The Hall–Kier alpha value is -1.14. The highest BCUT2D eigenvalue weighted by atomic mass is 16.5. The maximum atomic E-state index is 10.0. The number of hydrogen-bond acceptors (Lipinski definition) is 6. The van der Waals surface area contributed by atoms with Crippen molar-refractivity contribution >= 4 is 11.9 Å². The smallest absolute Gasteiger partial charge is 0.302 e. The van der Waals surface area contributed by atoms with Crippen LogP contribution in [0.25, 0.3) is 0 Å². The van der Waals surface area contributed by atoms with Crippen LogP contribution in [-0.2, 0) is 14.3 Å². The zero-order valence-electron chi connectivity index (χ0n) is 7.52. The van der Waals surface area contributed by atoms with Gasteiger partial charge in [-0.25, -0.2) is 0 Å². The summed E-state index contributed by atoms with van der Waals surface area (Å²) < 4.78 is 4.35. The zero-order valence-corrected chi connectivity index (χ0v) is 7.52. The van der Waals surface area contributed by atoms with Gasteiger partial charge in [0.15, 0.2) is 0 Å². The largest absolute Gasteiger partial charge is 0.550 e. The van der Waals surface area contributed by atoms with Crippen LogP contribution in [0.1, 0.15) is 13.8 Å². The first-order chi connectivity index (χ1) is 5.90. The summed E-state index contributed by atoms with van der Waals surface area (Å²) in [5.74, 6) is -1.54. The van der Waals surface area contributed by atoms with Gasteiger partial charge >= 0.3 is 5.97 Å². The van der Waals surface area contributed by atoms with E-state index < -0.39 is 18.0 Å². The summed E-state index contributed by atoms with van der Waals surface area (Å²) in [7, 11) is 0. The molecular formula is C7H13O6-. The average Bonchev–Trinajstić information content (AvgIpc) is 1.99. The van der Waals surface area contributed by atoms with Gasteiger partial charge in [-0.2, -0.15) is 0 Å². The molecule has 0 aromatic heterocycles. The molecule has 6 heteroatoms. The Morgan fingerprint density at radius 1 is 1.46 bits per heavy atom. The second kappa shape index (κ2) is 8.95. The van der Waals surface area contributed by atoms with Gasteiger partial charge in [0.2, 0.25) is 0 Å². The van der Waals surface area contributed by atoms with Crippen LogP contribution in [-0.4, -0.2) is 41.5 Å². The highest BCUT2D eigenvalue weighted by molar-refractivity contribution is 5.65. The second-order valence-electron chi connectivity index (χ2n) is 2.13. The summed E-state index contributed by atoms with van der Waals surface area (Å²) >= 11 is 0. The molecular weight excluding hydrogens is 180 g/mol. The van der Waals surface area contributed by atoms with Crippen molar-refractivity contribution in [2.24, 2.45) is 0 Å². The van der Waals surface area contributed by atoms with Crippen LogP contribution in [0.5, 0.6) is 0 Å². The van der Waals surface area contributed by atoms with Crippen molar-refractivity contribution in [3.8, 4) is 0 Å². The van der Waals surface area contributed by atoms with Gasteiger partial charge in [-0.1, -0.05) is 0 Å². The van der Waals surface area contributed by atoms with Gasteiger partial charge in [-0.05, 0) is 6.92 Å². The van der Waals surface area contributed by atoms with Crippen LogP contribution < -0.4 is 5.11 Å². The molecule has 0 aromatic rings. The molecule has 1 atom stereocenters. The molecule has 78 valence electrons. The Bertz CT molecular complexity index is 151. The number of ether oxygens (including phenoxy) is 1. The minimum Gasteiger partial charge on any atom is -0.550 e. The van der Waals surface area contributed by atoms with E-state index in [9.17, 15) is 4.79 Å². The predicted octanol–water partition coefficient (Wildman–Crippen LogP) is -2.34. The number of carboxylic acid groups (broad SMARTS) is 1. The highest BCUT2D eigenvalue weighted by Gasteiger charge is 2.02. The fraction of sp³-hybridized carbons (Fsp3) is 0.714. The van der Waals surface area contributed by atoms with Crippen LogP contribution in [0.3, 0.4) is 0 Å². The van der Waals surface area contributed by atoms with Gasteiger partial charge in [0, 0.05) is 12.9 Å². The Kier molecular flexibility index (Phi) is 9.91. The molecule has 0 spiro atoms. The van der Waals surface area contributed by atoms with E-state index >= 15 is 0 Å².